The van der Waals surface area contributed by atoms with Crippen LogP contribution in [0.5, 0.6) is 11.5 Å². The van der Waals surface area contributed by atoms with Crippen molar-refractivity contribution in [3.63, 3.8) is 0 Å². The summed E-state index contributed by atoms with van der Waals surface area (Å²) in [6.07, 6.45) is -7.29. The second-order valence-corrected chi connectivity index (χ2v) is 3.95. The first-order valence-corrected chi connectivity index (χ1v) is 5.80. The van der Waals surface area contributed by atoms with Gasteiger partial charge in [0, 0.05) is 5.56 Å². The highest BCUT2D eigenvalue weighted by Gasteiger charge is 2.33. The molecule has 0 fully saturated rings. The fourth-order valence-electron chi connectivity index (χ4n) is 1.52. The Bertz CT molecular complexity index is 512. The van der Waals surface area contributed by atoms with Gasteiger partial charge in [-0.3, -0.25) is 0 Å². The van der Waals surface area contributed by atoms with Crippen molar-refractivity contribution >= 4 is 18.4 Å². The van der Waals surface area contributed by atoms with Gasteiger partial charge in [0.15, 0.2) is 0 Å². The van der Waals surface area contributed by atoms with Gasteiger partial charge in [0.1, 0.15) is 11.5 Å². The zero-order chi connectivity index (χ0) is 16.2. The van der Waals surface area contributed by atoms with Crippen LogP contribution in [0.25, 0.3) is 0 Å². The molecular weight excluding hydrogens is 334 g/mol. The number of aromatic hydroxyl groups is 1. The first kappa shape index (κ1) is 20.3. The number of rotatable bonds is 5. The Morgan fingerprint density at radius 3 is 2.50 bits per heavy atom. The van der Waals surface area contributed by atoms with Gasteiger partial charge in [-0.1, -0.05) is 0 Å². The minimum atomic E-state index is -4.95. The third-order valence-electron chi connectivity index (χ3n) is 2.42. The molecule has 1 aromatic carbocycles. The maximum atomic E-state index is 13.7. The van der Waals surface area contributed by atoms with Crippen LogP contribution in [0.4, 0.5) is 17.6 Å². The van der Waals surface area contributed by atoms with E-state index < -0.39 is 41.6 Å². The normalized spacial score (nSPS) is 13.7. The second kappa shape index (κ2) is 8.04. The maximum Gasteiger partial charge on any atom is 0.573 e. The van der Waals surface area contributed by atoms with Gasteiger partial charge in [0.25, 0.3) is 0 Å². The molecule has 1 rings (SSSR count). The van der Waals surface area contributed by atoms with Crippen molar-refractivity contribution in [2.24, 2.45) is 5.73 Å². The molecule has 0 saturated carbocycles. The van der Waals surface area contributed by atoms with E-state index in [1.165, 1.54) is 6.92 Å². The molecule has 3 N–H and O–H groups in total. The minimum absolute atomic E-state index is 0. The third kappa shape index (κ3) is 5.57. The lowest BCUT2D eigenvalue weighted by Gasteiger charge is -2.18. The van der Waals surface area contributed by atoms with Crippen molar-refractivity contribution in [2.75, 3.05) is 6.61 Å². The average molecular weight is 348 g/mol. The number of carbonyl (C=O) groups excluding carboxylic acids is 1. The van der Waals surface area contributed by atoms with Crippen molar-refractivity contribution in [1.29, 1.82) is 0 Å². The summed E-state index contributed by atoms with van der Waals surface area (Å²) in [5, 5.41) is 9.53. The van der Waals surface area contributed by atoms with Crippen molar-refractivity contribution in [2.45, 2.75) is 25.5 Å². The molecule has 22 heavy (non-hydrogen) atoms. The predicted molar refractivity (Wildman–Crippen MR) is 70.5 cm³/mol. The second-order valence-electron chi connectivity index (χ2n) is 3.95. The number of esters is 1. The van der Waals surface area contributed by atoms with Crippen LogP contribution < -0.4 is 10.5 Å². The van der Waals surface area contributed by atoms with Crippen LogP contribution in [0.1, 0.15) is 18.5 Å². The number of carbonyl (C=O) groups is 1. The molecule has 0 spiro atoms. The summed E-state index contributed by atoms with van der Waals surface area (Å²) in [6, 6.07) is 0.699. The molecule has 126 valence electrons. The smallest absolute Gasteiger partial charge is 0.508 e. The van der Waals surface area contributed by atoms with Gasteiger partial charge in [-0.25, -0.2) is 9.18 Å². The van der Waals surface area contributed by atoms with E-state index in [4.69, 9.17) is 5.73 Å². The molecule has 0 aromatic heterocycles. The van der Waals surface area contributed by atoms with E-state index in [1.54, 1.807) is 0 Å². The first-order chi connectivity index (χ1) is 9.65. The highest BCUT2D eigenvalue weighted by Crippen LogP contribution is 2.32. The topological polar surface area (TPSA) is 81.8 Å². The number of halogens is 5. The van der Waals surface area contributed by atoms with E-state index in [0.29, 0.717) is 6.07 Å². The molecule has 1 unspecified atom stereocenters. The van der Waals surface area contributed by atoms with Crippen LogP contribution >= 0.6 is 12.4 Å². The Labute approximate surface area is 129 Å². The van der Waals surface area contributed by atoms with Gasteiger partial charge in [0.05, 0.1) is 12.6 Å². The Morgan fingerprint density at radius 2 is 2.00 bits per heavy atom. The van der Waals surface area contributed by atoms with Gasteiger partial charge in [-0.15, -0.1) is 25.6 Å². The number of hydrogen-bond acceptors (Lipinski definition) is 5. The average Bonchev–Trinajstić information content (AvgIpc) is 2.38. The van der Waals surface area contributed by atoms with Gasteiger partial charge < -0.3 is 20.3 Å². The summed E-state index contributed by atoms with van der Waals surface area (Å²) in [4.78, 5) is 11.2. The zero-order valence-electron chi connectivity index (χ0n) is 11.3. The molecule has 0 aliphatic rings. The Balaban J connectivity index is 0.00000441. The van der Waals surface area contributed by atoms with E-state index >= 15 is 0 Å². The van der Waals surface area contributed by atoms with Crippen LogP contribution in [0.2, 0.25) is 0 Å². The Morgan fingerprint density at radius 1 is 1.41 bits per heavy atom. The highest BCUT2D eigenvalue weighted by atomic mass is 35.5. The number of hydrogen-bond donors (Lipinski definition) is 2. The molecule has 0 saturated heterocycles. The molecule has 1 aromatic rings. The summed E-state index contributed by atoms with van der Waals surface area (Å²) in [5.74, 6) is -2.53. The summed E-state index contributed by atoms with van der Waals surface area (Å²) in [6.45, 7) is 1.36. The van der Waals surface area contributed by atoms with Gasteiger partial charge >= 0.3 is 12.3 Å². The Kier molecular flexibility index (Phi) is 7.41. The summed E-state index contributed by atoms with van der Waals surface area (Å²) in [7, 11) is 0. The lowest BCUT2D eigenvalue weighted by atomic mass is 10.0. The molecule has 0 aliphatic heterocycles. The molecular formula is C12H14ClF4NO4. The lowest BCUT2D eigenvalue weighted by molar-refractivity contribution is -0.274. The number of alkyl halides is 4. The fraction of sp³-hybridized carbons (Fsp3) is 0.417. The van der Waals surface area contributed by atoms with Crippen LogP contribution in [-0.4, -0.2) is 30.2 Å². The standard InChI is InChI=1S/C12H13F4NO4.ClH/c1-2-20-11(19)9(13)10(17)7-5-6(3-4-8(7)18)21-12(14,15)16;/h3-5,9-10,18H,2,17H2,1H3;1H/t9?,10-;/m1./s1. The number of phenols is 1. The summed E-state index contributed by atoms with van der Waals surface area (Å²) in [5.41, 5.74) is 5.03. The van der Waals surface area contributed by atoms with E-state index in [0.717, 1.165) is 12.1 Å². The molecule has 0 heterocycles. The SMILES string of the molecule is CCOC(=O)C(F)[C@H](N)c1cc(OC(F)(F)F)ccc1O.Cl. The van der Waals surface area contributed by atoms with Crippen molar-refractivity contribution in [1.82, 2.24) is 0 Å². The molecule has 10 heteroatoms. The third-order valence-corrected chi connectivity index (χ3v) is 2.42. The van der Waals surface area contributed by atoms with Crippen LogP contribution in [0.15, 0.2) is 18.2 Å². The number of ether oxygens (including phenoxy) is 2. The van der Waals surface area contributed by atoms with E-state index in [9.17, 15) is 27.5 Å². The van der Waals surface area contributed by atoms with Gasteiger partial charge in [-0.2, -0.15) is 0 Å². The lowest BCUT2D eigenvalue weighted by Crippen LogP contribution is -2.31. The van der Waals surface area contributed by atoms with Crippen LogP contribution in [0, 0.1) is 0 Å². The number of nitrogens with two attached hydrogens (primary N) is 1. The largest absolute Gasteiger partial charge is 0.573 e. The Hall–Kier alpha value is -1.74. The van der Waals surface area contributed by atoms with Gasteiger partial charge in [-0.05, 0) is 25.1 Å². The monoisotopic (exact) mass is 347 g/mol. The van der Waals surface area contributed by atoms with Crippen LogP contribution in [-0.2, 0) is 9.53 Å². The molecule has 0 bridgehead atoms. The van der Waals surface area contributed by atoms with E-state index in [2.05, 4.69) is 9.47 Å². The predicted octanol–water partition coefficient (Wildman–Crippen LogP) is 2.61. The molecule has 0 amide bonds. The van der Waals surface area contributed by atoms with Crippen molar-refractivity contribution < 1.29 is 36.9 Å². The summed E-state index contributed by atoms with van der Waals surface area (Å²) < 4.78 is 58.1. The van der Waals surface area contributed by atoms with Crippen LogP contribution in [0.3, 0.4) is 0 Å². The molecule has 2 atom stereocenters. The zero-order valence-corrected chi connectivity index (χ0v) is 12.1. The number of benzene rings is 1. The van der Waals surface area contributed by atoms with Crippen molar-refractivity contribution in [3.05, 3.63) is 23.8 Å². The molecule has 5 nitrogen and oxygen atoms in total. The highest BCUT2D eigenvalue weighted by molar-refractivity contribution is 5.85. The first-order valence-electron chi connectivity index (χ1n) is 5.80. The summed E-state index contributed by atoms with van der Waals surface area (Å²) >= 11 is 0. The quantitative estimate of drug-likeness (QED) is 0.632. The minimum Gasteiger partial charge on any atom is -0.508 e. The van der Waals surface area contributed by atoms with Crippen molar-refractivity contribution in [3.8, 4) is 11.5 Å². The van der Waals surface area contributed by atoms with Gasteiger partial charge in [0.2, 0.25) is 6.17 Å². The molecule has 0 aliphatic carbocycles. The van der Waals surface area contributed by atoms with E-state index in [-0.39, 0.29) is 19.0 Å². The van der Waals surface area contributed by atoms with E-state index in [1.807, 2.05) is 0 Å². The maximum absolute atomic E-state index is 13.7. The molecule has 0 radical (unpaired) electrons. The fourth-order valence-corrected chi connectivity index (χ4v) is 1.52. The number of phenolic OH excluding ortho intramolecular Hbond substituents is 1.